The van der Waals surface area contributed by atoms with Crippen molar-refractivity contribution in [2.75, 3.05) is 7.05 Å². The van der Waals surface area contributed by atoms with Crippen molar-refractivity contribution in [2.45, 2.75) is 13.0 Å². The standard InChI is InChI=1S/C15H15ClFNO/c1-10(18-2)11-4-3-5-12(8-11)19-13-6-7-14(16)15(17)9-13/h3-10,18H,1-2H3. The molecule has 1 atom stereocenters. The van der Waals surface area contributed by atoms with Gasteiger partial charge in [0.2, 0.25) is 0 Å². The Labute approximate surface area is 117 Å². The van der Waals surface area contributed by atoms with Gasteiger partial charge in [0.1, 0.15) is 17.3 Å². The number of halogens is 2. The van der Waals surface area contributed by atoms with E-state index in [1.807, 2.05) is 31.3 Å². The first kappa shape index (κ1) is 13.8. The Hall–Kier alpha value is -1.58. The lowest BCUT2D eigenvalue weighted by Crippen LogP contribution is -2.11. The molecule has 100 valence electrons. The van der Waals surface area contributed by atoms with Crippen molar-refractivity contribution in [3.8, 4) is 11.5 Å². The van der Waals surface area contributed by atoms with E-state index in [1.54, 1.807) is 6.07 Å². The molecule has 0 heterocycles. The van der Waals surface area contributed by atoms with Crippen LogP contribution in [0, 0.1) is 5.82 Å². The van der Waals surface area contributed by atoms with Crippen molar-refractivity contribution in [1.82, 2.24) is 5.32 Å². The van der Waals surface area contributed by atoms with E-state index in [0.717, 1.165) is 5.56 Å². The van der Waals surface area contributed by atoms with Crippen LogP contribution in [0.15, 0.2) is 42.5 Å². The summed E-state index contributed by atoms with van der Waals surface area (Å²) in [5, 5.41) is 3.24. The third kappa shape index (κ3) is 3.46. The molecule has 1 unspecified atom stereocenters. The molecule has 0 saturated heterocycles. The number of nitrogens with one attached hydrogen (secondary N) is 1. The highest BCUT2D eigenvalue weighted by Crippen LogP contribution is 2.27. The lowest BCUT2D eigenvalue weighted by Gasteiger charge is -2.12. The van der Waals surface area contributed by atoms with Crippen molar-refractivity contribution in [3.63, 3.8) is 0 Å². The maximum absolute atomic E-state index is 13.3. The fourth-order valence-corrected chi connectivity index (χ4v) is 1.81. The van der Waals surface area contributed by atoms with Crippen LogP contribution in [0.2, 0.25) is 5.02 Å². The second-order valence-electron chi connectivity index (χ2n) is 4.26. The number of hydrogen-bond donors (Lipinski definition) is 1. The predicted molar refractivity (Wildman–Crippen MR) is 75.4 cm³/mol. The van der Waals surface area contributed by atoms with Gasteiger partial charge in [0.25, 0.3) is 0 Å². The van der Waals surface area contributed by atoms with Crippen LogP contribution in [0.5, 0.6) is 11.5 Å². The van der Waals surface area contributed by atoms with E-state index < -0.39 is 5.82 Å². The van der Waals surface area contributed by atoms with Crippen LogP contribution >= 0.6 is 11.6 Å². The Balaban J connectivity index is 2.20. The zero-order chi connectivity index (χ0) is 13.8. The summed E-state index contributed by atoms with van der Waals surface area (Å²) in [6.07, 6.45) is 0. The van der Waals surface area contributed by atoms with E-state index in [2.05, 4.69) is 12.2 Å². The molecule has 0 amide bonds. The van der Waals surface area contributed by atoms with Gasteiger partial charge < -0.3 is 10.1 Å². The van der Waals surface area contributed by atoms with E-state index in [0.29, 0.717) is 11.5 Å². The monoisotopic (exact) mass is 279 g/mol. The maximum atomic E-state index is 13.3. The van der Waals surface area contributed by atoms with Gasteiger partial charge in [-0.15, -0.1) is 0 Å². The average Bonchev–Trinajstić information content (AvgIpc) is 2.42. The van der Waals surface area contributed by atoms with Gasteiger partial charge in [0, 0.05) is 12.1 Å². The Morgan fingerprint density at radius 3 is 2.58 bits per heavy atom. The molecule has 1 N–H and O–H groups in total. The fraction of sp³-hybridized carbons (Fsp3) is 0.200. The molecule has 2 aromatic carbocycles. The van der Waals surface area contributed by atoms with Crippen molar-refractivity contribution >= 4 is 11.6 Å². The highest BCUT2D eigenvalue weighted by atomic mass is 35.5. The highest BCUT2D eigenvalue weighted by molar-refractivity contribution is 6.30. The van der Waals surface area contributed by atoms with Crippen LogP contribution in [0.4, 0.5) is 4.39 Å². The van der Waals surface area contributed by atoms with Crippen LogP contribution in [0.1, 0.15) is 18.5 Å². The molecule has 0 saturated carbocycles. The first-order valence-corrected chi connectivity index (χ1v) is 6.38. The maximum Gasteiger partial charge on any atom is 0.145 e. The molecule has 0 fully saturated rings. The lowest BCUT2D eigenvalue weighted by atomic mass is 10.1. The van der Waals surface area contributed by atoms with Gasteiger partial charge >= 0.3 is 0 Å². The molecule has 2 rings (SSSR count). The van der Waals surface area contributed by atoms with E-state index in [9.17, 15) is 4.39 Å². The largest absolute Gasteiger partial charge is 0.457 e. The molecular formula is C15H15ClFNO. The van der Waals surface area contributed by atoms with E-state index in [4.69, 9.17) is 16.3 Å². The van der Waals surface area contributed by atoms with Crippen molar-refractivity contribution in [1.29, 1.82) is 0 Å². The fourth-order valence-electron chi connectivity index (χ4n) is 1.69. The Kier molecular flexibility index (Phi) is 4.40. The number of ether oxygens (including phenoxy) is 1. The van der Waals surface area contributed by atoms with E-state index in [1.165, 1.54) is 12.1 Å². The van der Waals surface area contributed by atoms with Gasteiger partial charge in [-0.3, -0.25) is 0 Å². The molecule has 19 heavy (non-hydrogen) atoms. The first-order valence-electron chi connectivity index (χ1n) is 6.00. The van der Waals surface area contributed by atoms with Crippen LogP contribution in [-0.2, 0) is 0 Å². The van der Waals surface area contributed by atoms with Gasteiger partial charge in [-0.2, -0.15) is 0 Å². The molecule has 0 aliphatic rings. The quantitative estimate of drug-likeness (QED) is 0.886. The molecule has 2 aromatic rings. The van der Waals surface area contributed by atoms with Crippen LogP contribution in [0.25, 0.3) is 0 Å². The number of hydrogen-bond acceptors (Lipinski definition) is 2. The third-order valence-corrected chi connectivity index (χ3v) is 3.22. The van der Waals surface area contributed by atoms with Crippen LogP contribution in [-0.4, -0.2) is 7.05 Å². The Morgan fingerprint density at radius 2 is 1.89 bits per heavy atom. The molecule has 0 bridgehead atoms. The summed E-state index contributed by atoms with van der Waals surface area (Å²) in [4.78, 5) is 0. The van der Waals surface area contributed by atoms with Gasteiger partial charge in [0.15, 0.2) is 0 Å². The van der Waals surface area contributed by atoms with E-state index in [-0.39, 0.29) is 11.1 Å². The summed E-state index contributed by atoms with van der Waals surface area (Å²) in [6, 6.07) is 12.3. The summed E-state index contributed by atoms with van der Waals surface area (Å²) in [7, 11) is 1.90. The smallest absolute Gasteiger partial charge is 0.145 e. The molecule has 2 nitrogen and oxygen atoms in total. The van der Waals surface area contributed by atoms with Crippen LogP contribution in [0.3, 0.4) is 0 Å². The molecule has 0 spiro atoms. The molecule has 0 aliphatic heterocycles. The summed E-state index contributed by atoms with van der Waals surface area (Å²) >= 11 is 5.63. The third-order valence-electron chi connectivity index (χ3n) is 2.92. The highest BCUT2D eigenvalue weighted by Gasteiger charge is 2.06. The minimum absolute atomic E-state index is 0.0879. The van der Waals surface area contributed by atoms with E-state index >= 15 is 0 Å². The zero-order valence-electron chi connectivity index (χ0n) is 10.8. The summed E-state index contributed by atoms with van der Waals surface area (Å²) in [5.41, 5.74) is 1.11. The topological polar surface area (TPSA) is 21.3 Å². The molecule has 0 aromatic heterocycles. The van der Waals surface area contributed by atoms with Crippen molar-refractivity contribution in [3.05, 3.63) is 58.9 Å². The average molecular weight is 280 g/mol. The zero-order valence-corrected chi connectivity index (χ0v) is 11.5. The molecular weight excluding hydrogens is 265 g/mol. The minimum Gasteiger partial charge on any atom is -0.457 e. The number of benzene rings is 2. The van der Waals surface area contributed by atoms with Gasteiger partial charge in [-0.25, -0.2) is 4.39 Å². The second-order valence-corrected chi connectivity index (χ2v) is 4.67. The van der Waals surface area contributed by atoms with Crippen molar-refractivity contribution in [2.24, 2.45) is 0 Å². The predicted octanol–water partition coefficient (Wildman–Crippen LogP) is 4.55. The first-order chi connectivity index (χ1) is 9.10. The van der Waals surface area contributed by atoms with Gasteiger partial charge in [0.05, 0.1) is 5.02 Å². The van der Waals surface area contributed by atoms with Gasteiger partial charge in [-0.1, -0.05) is 23.7 Å². The van der Waals surface area contributed by atoms with Gasteiger partial charge in [-0.05, 0) is 43.8 Å². The normalized spacial score (nSPS) is 12.2. The Bertz CT molecular complexity index is 574. The summed E-state index contributed by atoms with van der Waals surface area (Å²) < 4.78 is 18.9. The summed E-state index contributed by atoms with van der Waals surface area (Å²) in [6.45, 7) is 2.06. The molecule has 0 aliphatic carbocycles. The molecule has 4 heteroatoms. The lowest BCUT2D eigenvalue weighted by molar-refractivity contribution is 0.475. The second kappa shape index (κ2) is 6.04. The number of rotatable bonds is 4. The Morgan fingerprint density at radius 1 is 1.16 bits per heavy atom. The van der Waals surface area contributed by atoms with Crippen LogP contribution < -0.4 is 10.1 Å². The SMILES string of the molecule is CNC(C)c1cccc(Oc2ccc(Cl)c(F)c2)c1. The molecule has 0 radical (unpaired) electrons. The van der Waals surface area contributed by atoms with Crippen molar-refractivity contribution < 1.29 is 9.13 Å². The summed E-state index contributed by atoms with van der Waals surface area (Å²) in [5.74, 6) is 0.608. The minimum atomic E-state index is -0.487.